The van der Waals surface area contributed by atoms with Crippen molar-refractivity contribution in [2.45, 2.75) is 10.8 Å². The quantitative estimate of drug-likeness (QED) is 0.159. The van der Waals surface area contributed by atoms with Crippen LogP contribution in [0.25, 0.3) is 66.8 Å². The number of hydrogen-bond acceptors (Lipinski definition) is 3. The molecule has 13 aromatic rings. The lowest BCUT2D eigenvalue weighted by atomic mass is 9.66. The number of anilines is 3. The molecule has 4 aliphatic rings. The van der Waals surface area contributed by atoms with Crippen molar-refractivity contribution in [1.82, 2.24) is 0 Å². The first kappa shape index (κ1) is 47.1. The zero-order valence-electron chi connectivity index (χ0n) is 45.2. The SMILES string of the molecule is c1ccc(-c2cccc(-c3ccc(N(c4cccc(-c5ccc6c(c5)C5(c7ccccc7Oc7ccccc75)c5ccccc5-6)c4)c4cccc(-c5ccc6c(c5)C5(c7ccccc7Oc7ccccc75)c5ccccc5-6)c4)cc3)c2)cc1. The topological polar surface area (TPSA) is 21.7 Å². The largest absolute Gasteiger partial charge is 0.457 e. The van der Waals surface area contributed by atoms with Crippen LogP contribution in [0.2, 0.25) is 0 Å². The first-order valence-corrected chi connectivity index (χ1v) is 28.6. The van der Waals surface area contributed by atoms with Crippen LogP contribution >= 0.6 is 0 Å². The standard InChI is InChI=1S/C80H51NO2/c1-2-19-52(20-3-1)54-21-16-22-55(47-54)53-39-43-60(44-40-53)81(61-25-17-23-56(48-61)58-41-45-65-63-27-4-6-29-67(63)79(73(65)50-58)69-31-8-12-35-75(69)82-76-36-13-9-32-70(76)79)62-26-18-24-57(49-62)59-42-46-66-64-28-5-7-30-68(64)80(74(66)51-59)71-33-10-14-37-77(71)83-78-38-15-11-34-72(78)80/h1-51H. The number of fused-ring (bicyclic) bond motifs is 18. The summed E-state index contributed by atoms with van der Waals surface area (Å²) in [6, 6.07) is 113. The number of nitrogens with zero attached hydrogens (tertiary/aromatic N) is 1. The van der Waals surface area contributed by atoms with E-state index in [0.717, 1.165) is 90.1 Å². The van der Waals surface area contributed by atoms with Crippen molar-refractivity contribution in [2.75, 3.05) is 4.90 Å². The van der Waals surface area contributed by atoms with Gasteiger partial charge in [0.1, 0.15) is 23.0 Å². The average Bonchev–Trinajstić information content (AvgIpc) is 2.92. The third kappa shape index (κ3) is 6.98. The van der Waals surface area contributed by atoms with Gasteiger partial charge in [0.25, 0.3) is 0 Å². The Kier molecular flexibility index (Phi) is 10.4. The van der Waals surface area contributed by atoms with Crippen molar-refractivity contribution in [1.29, 1.82) is 0 Å². The second-order valence-corrected chi connectivity index (χ2v) is 22.2. The monoisotopic (exact) mass is 1060 g/mol. The Morgan fingerprint density at radius 3 is 0.952 bits per heavy atom. The van der Waals surface area contributed by atoms with Crippen molar-refractivity contribution in [2.24, 2.45) is 0 Å². The number of hydrogen-bond donors (Lipinski definition) is 0. The van der Waals surface area contributed by atoms with E-state index in [1.165, 1.54) is 61.2 Å². The number of para-hydroxylation sites is 4. The highest BCUT2D eigenvalue weighted by molar-refractivity contribution is 5.93. The molecule has 13 aromatic carbocycles. The maximum absolute atomic E-state index is 6.70. The molecular weight excluding hydrogens is 1010 g/mol. The molecule has 83 heavy (non-hydrogen) atoms. The average molecular weight is 1060 g/mol. The molecule has 388 valence electrons. The van der Waals surface area contributed by atoms with E-state index < -0.39 is 10.8 Å². The van der Waals surface area contributed by atoms with Crippen LogP contribution in [0.3, 0.4) is 0 Å². The van der Waals surface area contributed by atoms with E-state index in [4.69, 9.17) is 9.47 Å². The Bertz CT molecular complexity index is 4430. The van der Waals surface area contributed by atoms with Gasteiger partial charge in [-0.3, -0.25) is 0 Å². The zero-order chi connectivity index (χ0) is 54.6. The van der Waals surface area contributed by atoms with E-state index in [1.807, 2.05) is 0 Å². The summed E-state index contributed by atoms with van der Waals surface area (Å²) in [6.07, 6.45) is 0. The Morgan fingerprint density at radius 2 is 0.506 bits per heavy atom. The van der Waals surface area contributed by atoms with Gasteiger partial charge < -0.3 is 14.4 Å². The fourth-order valence-electron chi connectivity index (χ4n) is 14.5. The fraction of sp³-hybridized carbons (Fsp3) is 0.0250. The molecule has 0 saturated heterocycles. The van der Waals surface area contributed by atoms with Crippen LogP contribution in [0.4, 0.5) is 17.1 Å². The molecule has 0 saturated carbocycles. The van der Waals surface area contributed by atoms with Gasteiger partial charge in [0.2, 0.25) is 0 Å². The molecule has 2 aliphatic carbocycles. The Hall–Kier alpha value is -10.7. The van der Waals surface area contributed by atoms with Crippen molar-refractivity contribution >= 4 is 17.1 Å². The fourth-order valence-corrected chi connectivity index (χ4v) is 14.5. The lowest BCUT2D eigenvalue weighted by Crippen LogP contribution is -2.32. The number of rotatable bonds is 7. The summed E-state index contributed by atoms with van der Waals surface area (Å²) in [5.41, 5.74) is 26.0. The summed E-state index contributed by atoms with van der Waals surface area (Å²) in [5, 5.41) is 0. The van der Waals surface area contributed by atoms with Crippen LogP contribution in [0, 0.1) is 0 Å². The van der Waals surface area contributed by atoms with Gasteiger partial charge in [-0.25, -0.2) is 0 Å². The van der Waals surface area contributed by atoms with Gasteiger partial charge in [-0.15, -0.1) is 0 Å². The van der Waals surface area contributed by atoms with Crippen molar-refractivity contribution in [3.63, 3.8) is 0 Å². The minimum Gasteiger partial charge on any atom is -0.457 e. The molecular formula is C80H51NO2. The lowest BCUT2D eigenvalue weighted by molar-refractivity contribution is 0.436. The molecule has 0 bridgehead atoms. The predicted octanol–water partition coefficient (Wildman–Crippen LogP) is 20.8. The molecule has 0 radical (unpaired) electrons. The van der Waals surface area contributed by atoms with Crippen LogP contribution in [0.5, 0.6) is 23.0 Å². The van der Waals surface area contributed by atoms with E-state index in [2.05, 4.69) is 314 Å². The van der Waals surface area contributed by atoms with E-state index in [-0.39, 0.29) is 0 Å². The van der Waals surface area contributed by atoms with Gasteiger partial charge in [0.05, 0.1) is 10.8 Å². The van der Waals surface area contributed by atoms with Gasteiger partial charge in [-0.1, -0.05) is 231 Å². The number of benzene rings is 13. The van der Waals surface area contributed by atoms with E-state index >= 15 is 0 Å². The van der Waals surface area contributed by atoms with Crippen molar-refractivity contribution in [3.05, 3.63) is 354 Å². The summed E-state index contributed by atoms with van der Waals surface area (Å²) in [5.74, 6) is 3.55. The molecule has 0 fully saturated rings. The van der Waals surface area contributed by atoms with Crippen LogP contribution in [-0.2, 0) is 10.8 Å². The zero-order valence-corrected chi connectivity index (χ0v) is 45.2. The maximum Gasteiger partial charge on any atom is 0.132 e. The Labute approximate surface area is 483 Å². The van der Waals surface area contributed by atoms with Gasteiger partial charge in [-0.2, -0.15) is 0 Å². The molecule has 0 aromatic heterocycles. The van der Waals surface area contributed by atoms with Gasteiger partial charge >= 0.3 is 0 Å². The molecule has 0 unspecified atom stereocenters. The highest BCUT2D eigenvalue weighted by Gasteiger charge is 2.52. The third-order valence-corrected chi connectivity index (χ3v) is 18.0. The highest BCUT2D eigenvalue weighted by atomic mass is 16.5. The summed E-state index contributed by atoms with van der Waals surface area (Å²) >= 11 is 0. The maximum atomic E-state index is 6.70. The number of ether oxygens (including phenoxy) is 2. The molecule has 2 aliphatic heterocycles. The molecule has 3 heteroatoms. The Balaban J connectivity index is 0.819. The summed E-state index contributed by atoms with van der Waals surface area (Å²) in [7, 11) is 0. The lowest BCUT2D eigenvalue weighted by Gasteiger charge is -2.39. The van der Waals surface area contributed by atoms with Crippen molar-refractivity contribution in [3.8, 4) is 89.8 Å². The first-order valence-electron chi connectivity index (χ1n) is 28.6. The van der Waals surface area contributed by atoms with Crippen LogP contribution in [-0.4, -0.2) is 0 Å². The molecule has 17 rings (SSSR count). The normalized spacial score (nSPS) is 13.7. The molecule has 0 amide bonds. The summed E-state index contributed by atoms with van der Waals surface area (Å²) in [4.78, 5) is 2.42. The predicted molar refractivity (Wildman–Crippen MR) is 338 cm³/mol. The smallest absolute Gasteiger partial charge is 0.132 e. The van der Waals surface area contributed by atoms with E-state index in [1.54, 1.807) is 0 Å². The Morgan fingerprint density at radius 1 is 0.193 bits per heavy atom. The summed E-state index contributed by atoms with van der Waals surface area (Å²) in [6.45, 7) is 0. The molecule has 3 nitrogen and oxygen atoms in total. The van der Waals surface area contributed by atoms with Crippen LogP contribution < -0.4 is 14.4 Å². The molecule has 2 spiro atoms. The minimum atomic E-state index is -0.572. The van der Waals surface area contributed by atoms with Gasteiger partial charge in [0, 0.05) is 39.3 Å². The summed E-state index contributed by atoms with van der Waals surface area (Å²) < 4.78 is 13.4. The van der Waals surface area contributed by atoms with Crippen LogP contribution in [0.1, 0.15) is 44.5 Å². The molecule has 2 heterocycles. The minimum absolute atomic E-state index is 0.572. The first-order chi connectivity index (χ1) is 41.1. The van der Waals surface area contributed by atoms with E-state index in [0.29, 0.717) is 0 Å². The van der Waals surface area contributed by atoms with Crippen molar-refractivity contribution < 1.29 is 9.47 Å². The van der Waals surface area contributed by atoms with Gasteiger partial charge in [0.15, 0.2) is 0 Å². The van der Waals surface area contributed by atoms with Gasteiger partial charge in [-0.05, 0) is 168 Å². The van der Waals surface area contributed by atoms with Crippen LogP contribution in [0.15, 0.2) is 309 Å². The molecule has 0 N–H and O–H groups in total. The molecule has 0 atom stereocenters. The second kappa shape index (κ2) is 18.4. The second-order valence-electron chi connectivity index (χ2n) is 22.2. The third-order valence-electron chi connectivity index (χ3n) is 18.0. The highest BCUT2D eigenvalue weighted by Crippen LogP contribution is 2.64. The van der Waals surface area contributed by atoms with E-state index in [9.17, 15) is 0 Å².